The molecule has 0 fully saturated rings. The zero-order valence-corrected chi connectivity index (χ0v) is 11.7. The zero-order chi connectivity index (χ0) is 13.4. The van der Waals surface area contributed by atoms with Gasteiger partial charge in [0.05, 0.1) is 6.20 Å². The van der Waals surface area contributed by atoms with E-state index in [1.54, 1.807) is 30.1 Å². The van der Waals surface area contributed by atoms with Crippen LogP contribution in [0.25, 0.3) is 0 Å². The van der Waals surface area contributed by atoms with Crippen LogP contribution < -0.4 is 0 Å². The lowest BCUT2D eigenvalue weighted by Gasteiger charge is -2.03. The van der Waals surface area contributed by atoms with Crippen molar-refractivity contribution >= 4 is 11.8 Å². The first-order valence-electron chi connectivity index (χ1n) is 5.91. The minimum absolute atomic E-state index is 0. The summed E-state index contributed by atoms with van der Waals surface area (Å²) in [6.07, 6.45) is 1.72. The molecule has 0 atom stereocenters. The number of thioether (sulfide) groups is 1. The maximum atomic E-state index is 8.94. The number of phenols is 1. The monoisotopic (exact) mass is 281 g/mol. The molecule has 1 aromatic heterocycles. The van der Waals surface area contributed by atoms with Crippen molar-refractivity contribution in [2.45, 2.75) is 39.1 Å². The Bertz CT molecular complexity index is 426. The van der Waals surface area contributed by atoms with Gasteiger partial charge in [0.25, 0.3) is 0 Å². The van der Waals surface area contributed by atoms with Gasteiger partial charge in [-0.3, -0.25) is 0 Å². The fraction of sp³-hybridized carbons (Fsp3) is 0.429. The molecule has 2 rings (SSSR count). The number of nitrogens with zero attached hydrogens (tertiary/aromatic N) is 2. The average Bonchev–Trinajstić information content (AvgIpc) is 2.84. The maximum absolute atomic E-state index is 8.94. The van der Waals surface area contributed by atoms with Crippen LogP contribution in [0.15, 0.2) is 35.5 Å². The second-order valence-electron chi connectivity index (χ2n) is 3.99. The second kappa shape index (κ2) is 9.44. The van der Waals surface area contributed by atoms with Gasteiger partial charge in [-0.05, 0) is 29.4 Å². The fourth-order valence-corrected chi connectivity index (χ4v) is 1.80. The molecule has 1 heterocycles. The van der Waals surface area contributed by atoms with Crippen molar-refractivity contribution in [1.82, 2.24) is 15.4 Å². The summed E-state index contributed by atoms with van der Waals surface area (Å²) in [7, 11) is 0. The van der Waals surface area contributed by atoms with E-state index in [1.807, 2.05) is 12.1 Å². The Morgan fingerprint density at radius 3 is 2.32 bits per heavy atom. The maximum Gasteiger partial charge on any atom is 0.138 e. The van der Waals surface area contributed by atoms with Gasteiger partial charge in [-0.15, -0.1) is 16.9 Å². The number of phenolic OH excluding ortho intramolecular Hbond substituents is 1. The summed E-state index contributed by atoms with van der Waals surface area (Å²) in [6.45, 7) is 6.35. The first-order valence-corrected chi connectivity index (χ1v) is 6.89. The van der Waals surface area contributed by atoms with Crippen LogP contribution in [0.2, 0.25) is 0 Å². The lowest BCUT2D eigenvalue weighted by Crippen LogP contribution is -1.84. The van der Waals surface area contributed by atoms with E-state index in [9.17, 15) is 0 Å². The van der Waals surface area contributed by atoms with Crippen LogP contribution in [0.1, 0.15) is 39.7 Å². The Kier molecular flexibility index (Phi) is 8.70. The molecule has 2 aromatic rings. The number of aromatic hydroxyl groups is 1. The van der Waals surface area contributed by atoms with Crippen molar-refractivity contribution in [3.05, 3.63) is 36.0 Å². The number of benzene rings is 1. The van der Waals surface area contributed by atoms with Crippen LogP contribution in [0, 0.1) is 0 Å². The molecular weight excluding hydrogens is 258 g/mol. The third-order valence-electron chi connectivity index (χ3n) is 2.24. The van der Waals surface area contributed by atoms with Crippen LogP contribution in [0.3, 0.4) is 0 Å². The highest BCUT2D eigenvalue weighted by Gasteiger charge is 1.96. The molecule has 0 aliphatic rings. The second-order valence-corrected chi connectivity index (χ2v) is 5.27. The molecule has 0 saturated carbocycles. The molecule has 1 aromatic carbocycles. The largest absolute Gasteiger partial charge is 0.508 e. The third kappa shape index (κ3) is 6.86. The topological polar surface area (TPSA) is 61.8 Å². The van der Waals surface area contributed by atoms with Crippen LogP contribution in [0.4, 0.5) is 0 Å². The van der Waals surface area contributed by atoms with E-state index in [-0.39, 0.29) is 7.43 Å². The molecule has 0 saturated heterocycles. The predicted octanol–water partition coefficient (Wildman–Crippen LogP) is 4.07. The number of H-pyrrole nitrogens is 1. The number of aromatic nitrogens is 3. The van der Waals surface area contributed by atoms with Gasteiger partial charge in [-0.2, -0.15) is 10.3 Å². The summed E-state index contributed by atoms with van der Waals surface area (Å²) in [4.78, 5) is 0. The SMILES string of the molecule is C.CC(C)c1ccc(O)cc1.CCSc1cn[nH]n1. The van der Waals surface area contributed by atoms with Crippen molar-refractivity contribution in [2.75, 3.05) is 5.75 Å². The Morgan fingerprint density at radius 1 is 1.26 bits per heavy atom. The van der Waals surface area contributed by atoms with Crippen LogP contribution in [0.5, 0.6) is 5.75 Å². The summed E-state index contributed by atoms with van der Waals surface area (Å²) in [5.74, 6) is 1.93. The Labute approximate surface area is 119 Å². The number of nitrogens with one attached hydrogen (secondary N) is 1. The standard InChI is InChI=1S/C9H12O.C4H7N3S.CH4/c1-7(2)8-3-5-9(10)6-4-8;1-2-8-4-3-5-7-6-4;/h3-7,10H,1-2H3;3H,2H2,1H3,(H,5,6,7);1H4. The number of hydrogen-bond acceptors (Lipinski definition) is 4. The molecule has 0 aliphatic heterocycles. The molecule has 0 unspecified atom stereocenters. The van der Waals surface area contributed by atoms with Gasteiger partial charge in [-0.25, -0.2) is 0 Å². The van der Waals surface area contributed by atoms with Crippen molar-refractivity contribution < 1.29 is 5.11 Å². The van der Waals surface area contributed by atoms with Gasteiger partial charge in [0.2, 0.25) is 0 Å². The van der Waals surface area contributed by atoms with E-state index in [1.165, 1.54) is 5.56 Å². The van der Waals surface area contributed by atoms with E-state index in [0.29, 0.717) is 11.7 Å². The zero-order valence-electron chi connectivity index (χ0n) is 10.9. The average molecular weight is 281 g/mol. The molecule has 106 valence electrons. The molecule has 5 heteroatoms. The van der Waals surface area contributed by atoms with Crippen molar-refractivity contribution in [2.24, 2.45) is 0 Å². The number of aromatic amines is 1. The van der Waals surface area contributed by atoms with Gasteiger partial charge < -0.3 is 5.11 Å². The molecule has 0 spiro atoms. The van der Waals surface area contributed by atoms with Gasteiger partial charge in [0.15, 0.2) is 0 Å². The highest BCUT2D eigenvalue weighted by atomic mass is 32.2. The lowest BCUT2D eigenvalue weighted by molar-refractivity contribution is 0.475. The highest BCUT2D eigenvalue weighted by molar-refractivity contribution is 7.99. The minimum Gasteiger partial charge on any atom is -0.508 e. The van der Waals surface area contributed by atoms with Crippen molar-refractivity contribution in [3.8, 4) is 5.75 Å². The van der Waals surface area contributed by atoms with E-state index < -0.39 is 0 Å². The van der Waals surface area contributed by atoms with E-state index in [4.69, 9.17) is 5.11 Å². The normalized spacial score (nSPS) is 9.47. The Morgan fingerprint density at radius 2 is 1.89 bits per heavy atom. The van der Waals surface area contributed by atoms with Crippen LogP contribution in [-0.4, -0.2) is 26.3 Å². The van der Waals surface area contributed by atoms with E-state index in [0.717, 1.165) is 10.8 Å². The molecular formula is C14H23N3OS. The minimum atomic E-state index is 0. The Hall–Kier alpha value is -1.49. The summed E-state index contributed by atoms with van der Waals surface area (Å²) in [5.41, 5.74) is 1.26. The van der Waals surface area contributed by atoms with E-state index in [2.05, 4.69) is 36.2 Å². The molecule has 0 bridgehead atoms. The van der Waals surface area contributed by atoms with Crippen molar-refractivity contribution in [1.29, 1.82) is 0 Å². The predicted molar refractivity (Wildman–Crippen MR) is 81.7 cm³/mol. The Balaban J connectivity index is 0.000000331. The molecule has 0 radical (unpaired) electrons. The first-order chi connectivity index (χ1) is 8.63. The summed E-state index contributed by atoms with van der Waals surface area (Å²) in [5, 5.41) is 19.9. The number of hydrogen-bond donors (Lipinski definition) is 2. The molecule has 0 amide bonds. The number of rotatable bonds is 3. The molecule has 19 heavy (non-hydrogen) atoms. The molecule has 2 N–H and O–H groups in total. The van der Waals surface area contributed by atoms with Gasteiger partial charge in [-0.1, -0.05) is 40.3 Å². The summed E-state index contributed by atoms with van der Waals surface area (Å²) >= 11 is 1.68. The first kappa shape index (κ1) is 17.5. The van der Waals surface area contributed by atoms with Crippen LogP contribution >= 0.6 is 11.8 Å². The smallest absolute Gasteiger partial charge is 0.138 e. The van der Waals surface area contributed by atoms with Crippen LogP contribution in [-0.2, 0) is 0 Å². The van der Waals surface area contributed by atoms with Gasteiger partial charge in [0, 0.05) is 0 Å². The third-order valence-corrected chi connectivity index (χ3v) is 3.03. The molecule has 0 aliphatic carbocycles. The lowest BCUT2D eigenvalue weighted by atomic mass is 10.0. The van der Waals surface area contributed by atoms with Crippen molar-refractivity contribution in [3.63, 3.8) is 0 Å². The fourth-order valence-electron chi connectivity index (χ4n) is 1.27. The highest BCUT2D eigenvalue weighted by Crippen LogP contribution is 2.16. The summed E-state index contributed by atoms with van der Waals surface area (Å²) < 4.78 is 0. The molecule has 4 nitrogen and oxygen atoms in total. The van der Waals surface area contributed by atoms with Gasteiger partial charge in [0.1, 0.15) is 10.8 Å². The van der Waals surface area contributed by atoms with Gasteiger partial charge >= 0.3 is 0 Å². The quantitative estimate of drug-likeness (QED) is 0.833. The summed E-state index contributed by atoms with van der Waals surface area (Å²) in [6, 6.07) is 7.32. The van der Waals surface area contributed by atoms with E-state index >= 15 is 0 Å².